The third kappa shape index (κ3) is 2.90. The van der Waals surface area contributed by atoms with Gasteiger partial charge >= 0.3 is 0 Å². The number of benzene rings is 2. The number of aromatic nitrogens is 1. The van der Waals surface area contributed by atoms with E-state index >= 15 is 0 Å². The molecule has 0 aliphatic heterocycles. The fourth-order valence-electron chi connectivity index (χ4n) is 2.19. The summed E-state index contributed by atoms with van der Waals surface area (Å²) in [5, 5.41) is 4.23. The van der Waals surface area contributed by atoms with E-state index in [1.165, 1.54) is 0 Å². The van der Waals surface area contributed by atoms with Gasteiger partial charge in [0, 0.05) is 16.1 Å². The van der Waals surface area contributed by atoms with Crippen molar-refractivity contribution in [3.8, 4) is 17.0 Å². The molecule has 0 unspecified atom stereocenters. The van der Waals surface area contributed by atoms with E-state index in [-0.39, 0.29) is 0 Å². The van der Waals surface area contributed by atoms with Crippen molar-refractivity contribution in [1.82, 2.24) is 4.98 Å². The largest absolute Gasteiger partial charge is 0.496 e. The number of thiazole rings is 1. The summed E-state index contributed by atoms with van der Waals surface area (Å²) >= 11 is 1.65. The smallest absolute Gasteiger partial charge is 0.187 e. The Morgan fingerprint density at radius 3 is 2.48 bits per heavy atom. The first-order valence-electron chi connectivity index (χ1n) is 6.71. The predicted molar refractivity (Wildman–Crippen MR) is 88.6 cm³/mol. The molecule has 0 aliphatic rings. The third-order valence-electron chi connectivity index (χ3n) is 3.18. The molecule has 1 N–H and O–H groups in total. The molecule has 0 aliphatic carbocycles. The Morgan fingerprint density at radius 2 is 1.71 bits per heavy atom. The Labute approximate surface area is 128 Å². The fourth-order valence-corrected chi connectivity index (χ4v) is 3.03. The van der Waals surface area contributed by atoms with Gasteiger partial charge in [-0.15, -0.1) is 11.3 Å². The van der Waals surface area contributed by atoms with E-state index in [4.69, 9.17) is 9.72 Å². The third-order valence-corrected chi connectivity index (χ3v) is 4.07. The molecule has 0 fully saturated rings. The number of nitrogens with one attached hydrogen (secondary N) is 1. The molecular weight excluding hydrogens is 280 g/mol. The topological polar surface area (TPSA) is 34.1 Å². The van der Waals surface area contributed by atoms with Crippen LogP contribution in [0.15, 0.2) is 54.6 Å². The highest BCUT2D eigenvalue weighted by molar-refractivity contribution is 7.16. The van der Waals surface area contributed by atoms with Crippen LogP contribution in [0.4, 0.5) is 10.8 Å². The van der Waals surface area contributed by atoms with Gasteiger partial charge in [0.15, 0.2) is 5.13 Å². The summed E-state index contributed by atoms with van der Waals surface area (Å²) in [6.07, 6.45) is 0. The van der Waals surface area contributed by atoms with Crippen LogP contribution in [0.2, 0.25) is 0 Å². The van der Waals surface area contributed by atoms with Crippen molar-refractivity contribution in [3.05, 3.63) is 59.5 Å². The number of hydrogen-bond acceptors (Lipinski definition) is 4. The number of anilines is 2. The van der Waals surface area contributed by atoms with E-state index in [1.807, 2.05) is 54.6 Å². The summed E-state index contributed by atoms with van der Waals surface area (Å²) in [6, 6.07) is 18.0. The van der Waals surface area contributed by atoms with Crippen molar-refractivity contribution < 1.29 is 4.74 Å². The molecule has 0 radical (unpaired) electrons. The number of ether oxygens (including phenoxy) is 1. The Kier molecular flexibility index (Phi) is 3.88. The van der Waals surface area contributed by atoms with Gasteiger partial charge in [-0.1, -0.05) is 30.3 Å². The second kappa shape index (κ2) is 5.97. The molecule has 3 aromatic rings. The highest BCUT2D eigenvalue weighted by Crippen LogP contribution is 2.36. The minimum Gasteiger partial charge on any atom is -0.496 e. The lowest BCUT2D eigenvalue weighted by molar-refractivity contribution is 0.416. The first-order chi connectivity index (χ1) is 10.3. The van der Waals surface area contributed by atoms with E-state index in [2.05, 4.69) is 12.2 Å². The van der Waals surface area contributed by atoms with E-state index in [0.717, 1.165) is 32.7 Å². The molecule has 2 aromatic carbocycles. The first-order valence-corrected chi connectivity index (χ1v) is 7.52. The number of para-hydroxylation sites is 2. The zero-order chi connectivity index (χ0) is 14.7. The lowest BCUT2D eigenvalue weighted by Gasteiger charge is -2.06. The van der Waals surface area contributed by atoms with Crippen LogP contribution in [0.3, 0.4) is 0 Å². The van der Waals surface area contributed by atoms with Gasteiger partial charge in [0.05, 0.1) is 12.8 Å². The highest BCUT2D eigenvalue weighted by Gasteiger charge is 2.13. The molecule has 4 heteroatoms. The summed E-state index contributed by atoms with van der Waals surface area (Å²) in [5.41, 5.74) is 3.03. The normalized spacial score (nSPS) is 10.4. The molecule has 0 bridgehead atoms. The van der Waals surface area contributed by atoms with Gasteiger partial charge in [-0.2, -0.15) is 0 Å². The zero-order valence-corrected chi connectivity index (χ0v) is 12.8. The second-order valence-electron chi connectivity index (χ2n) is 4.62. The molecule has 0 saturated heterocycles. The van der Waals surface area contributed by atoms with Crippen molar-refractivity contribution in [1.29, 1.82) is 0 Å². The van der Waals surface area contributed by atoms with Crippen LogP contribution in [0.1, 0.15) is 4.88 Å². The minimum atomic E-state index is 0.845. The number of hydrogen-bond donors (Lipinski definition) is 1. The van der Waals surface area contributed by atoms with Gasteiger partial charge in [-0.25, -0.2) is 4.98 Å². The SMILES string of the molecule is COc1ccccc1-c1nc(Nc2ccccc2)sc1C. The maximum Gasteiger partial charge on any atom is 0.187 e. The molecule has 1 heterocycles. The molecule has 0 amide bonds. The maximum atomic E-state index is 5.43. The van der Waals surface area contributed by atoms with Crippen molar-refractivity contribution in [2.45, 2.75) is 6.92 Å². The summed E-state index contributed by atoms with van der Waals surface area (Å²) < 4.78 is 5.43. The van der Waals surface area contributed by atoms with Gasteiger partial charge in [0.1, 0.15) is 5.75 Å². The fraction of sp³-hybridized carbons (Fsp3) is 0.118. The van der Waals surface area contributed by atoms with E-state index < -0.39 is 0 Å². The van der Waals surface area contributed by atoms with Crippen LogP contribution in [0.25, 0.3) is 11.3 Å². The van der Waals surface area contributed by atoms with Crippen LogP contribution in [-0.2, 0) is 0 Å². The molecule has 106 valence electrons. The average molecular weight is 296 g/mol. The molecule has 21 heavy (non-hydrogen) atoms. The molecule has 0 atom stereocenters. The molecule has 3 rings (SSSR count). The van der Waals surface area contributed by atoms with Gasteiger partial charge in [0.25, 0.3) is 0 Å². The monoisotopic (exact) mass is 296 g/mol. The van der Waals surface area contributed by atoms with Crippen LogP contribution >= 0.6 is 11.3 Å². The minimum absolute atomic E-state index is 0.845. The predicted octanol–water partition coefficient (Wildman–Crippen LogP) is 4.87. The van der Waals surface area contributed by atoms with Crippen molar-refractivity contribution >= 4 is 22.2 Å². The lowest BCUT2D eigenvalue weighted by Crippen LogP contribution is -1.91. The standard InChI is InChI=1S/C17H16N2OS/c1-12-16(14-10-6-7-11-15(14)20-2)19-17(21-12)18-13-8-4-3-5-9-13/h3-11H,1-2H3,(H,18,19). The Balaban J connectivity index is 1.95. The Morgan fingerprint density at radius 1 is 1.00 bits per heavy atom. The van der Waals surface area contributed by atoms with Crippen molar-refractivity contribution in [3.63, 3.8) is 0 Å². The van der Waals surface area contributed by atoms with Crippen LogP contribution < -0.4 is 10.1 Å². The van der Waals surface area contributed by atoms with Crippen molar-refractivity contribution in [2.24, 2.45) is 0 Å². The number of methoxy groups -OCH3 is 1. The van der Waals surface area contributed by atoms with Crippen LogP contribution in [0, 0.1) is 6.92 Å². The lowest BCUT2D eigenvalue weighted by atomic mass is 10.1. The van der Waals surface area contributed by atoms with Gasteiger partial charge in [0.2, 0.25) is 0 Å². The molecular formula is C17H16N2OS. The van der Waals surface area contributed by atoms with Crippen LogP contribution in [-0.4, -0.2) is 12.1 Å². The van der Waals surface area contributed by atoms with Crippen LogP contribution in [0.5, 0.6) is 5.75 Å². The van der Waals surface area contributed by atoms with Gasteiger partial charge < -0.3 is 10.1 Å². The summed E-state index contributed by atoms with van der Waals surface area (Å²) in [7, 11) is 1.68. The summed E-state index contributed by atoms with van der Waals surface area (Å²) in [4.78, 5) is 5.88. The summed E-state index contributed by atoms with van der Waals surface area (Å²) in [5.74, 6) is 0.845. The summed E-state index contributed by atoms with van der Waals surface area (Å²) in [6.45, 7) is 2.08. The zero-order valence-electron chi connectivity index (χ0n) is 12.0. The quantitative estimate of drug-likeness (QED) is 0.745. The highest BCUT2D eigenvalue weighted by atomic mass is 32.1. The molecule has 3 nitrogen and oxygen atoms in total. The molecule has 0 spiro atoms. The van der Waals surface area contributed by atoms with Gasteiger partial charge in [-0.05, 0) is 31.2 Å². The second-order valence-corrected chi connectivity index (χ2v) is 5.82. The first kappa shape index (κ1) is 13.6. The number of rotatable bonds is 4. The molecule has 1 aromatic heterocycles. The van der Waals surface area contributed by atoms with E-state index in [1.54, 1.807) is 18.4 Å². The Bertz CT molecular complexity index is 738. The maximum absolute atomic E-state index is 5.43. The average Bonchev–Trinajstić information content (AvgIpc) is 2.88. The van der Waals surface area contributed by atoms with E-state index in [9.17, 15) is 0 Å². The number of nitrogens with zero attached hydrogens (tertiary/aromatic N) is 1. The Hall–Kier alpha value is -2.33. The molecule has 0 saturated carbocycles. The van der Waals surface area contributed by atoms with E-state index in [0.29, 0.717) is 0 Å². The van der Waals surface area contributed by atoms with Crippen molar-refractivity contribution in [2.75, 3.05) is 12.4 Å². The van der Waals surface area contributed by atoms with Gasteiger partial charge in [-0.3, -0.25) is 0 Å². The number of aryl methyl sites for hydroxylation is 1.